The van der Waals surface area contributed by atoms with Crippen molar-refractivity contribution in [1.82, 2.24) is 4.31 Å². The van der Waals surface area contributed by atoms with Crippen LogP contribution in [0.2, 0.25) is 0 Å². The van der Waals surface area contributed by atoms with Gasteiger partial charge in [-0.25, -0.2) is 8.42 Å². The number of nitrogens with zero attached hydrogens (tertiary/aromatic N) is 1. The van der Waals surface area contributed by atoms with Crippen LogP contribution in [-0.2, 0) is 14.8 Å². The molecule has 1 aromatic rings. The van der Waals surface area contributed by atoms with Crippen LogP contribution in [0, 0.1) is 0 Å². The number of rotatable bonds is 7. The third-order valence-corrected chi connectivity index (χ3v) is 5.80. The second kappa shape index (κ2) is 9.44. The van der Waals surface area contributed by atoms with E-state index in [1.54, 1.807) is 31.4 Å². The number of halogens is 1. The SMILES string of the molecule is COCCOc1ccc(S(=O)(=O)N2CCCCC2CN)cc1.Cl. The van der Waals surface area contributed by atoms with Gasteiger partial charge >= 0.3 is 0 Å². The van der Waals surface area contributed by atoms with Crippen molar-refractivity contribution in [3.05, 3.63) is 24.3 Å². The molecule has 132 valence electrons. The predicted octanol–water partition coefficient (Wildman–Crippen LogP) is 1.64. The lowest BCUT2D eigenvalue weighted by molar-refractivity contribution is 0.146. The van der Waals surface area contributed by atoms with Crippen LogP contribution in [-0.4, -0.2) is 52.2 Å². The van der Waals surface area contributed by atoms with Gasteiger partial charge in [0, 0.05) is 26.2 Å². The molecule has 23 heavy (non-hydrogen) atoms. The van der Waals surface area contributed by atoms with Crippen molar-refractivity contribution in [3.8, 4) is 5.75 Å². The van der Waals surface area contributed by atoms with Gasteiger partial charge in [-0.05, 0) is 37.1 Å². The Morgan fingerprint density at radius 3 is 2.52 bits per heavy atom. The Kier molecular flexibility index (Phi) is 8.28. The fourth-order valence-corrected chi connectivity index (χ4v) is 4.32. The van der Waals surface area contributed by atoms with Gasteiger partial charge < -0.3 is 15.2 Å². The molecule has 6 nitrogen and oxygen atoms in total. The van der Waals surface area contributed by atoms with E-state index in [1.165, 1.54) is 4.31 Å². The van der Waals surface area contributed by atoms with Crippen LogP contribution in [0.25, 0.3) is 0 Å². The Balaban J connectivity index is 0.00000264. The van der Waals surface area contributed by atoms with Gasteiger partial charge in [0.15, 0.2) is 0 Å². The molecule has 0 bridgehead atoms. The Morgan fingerprint density at radius 2 is 1.91 bits per heavy atom. The summed E-state index contributed by atoms with van der Waals surface area (Å²) < 4.78 is 37.4. The number of nitrogens with two attached hydrogens (primary N) is 1. The third-order valence-electron chi connectivity index (χ3n) is 3.83. The number of benzene rings is 1. The average molecular weight is 365 g/mol. The molecule has 1 aliphatic rings. The minimum atomic E-state index is -3.49. The van der Waals surface area contributed by atoms with E-state index < -0.39 is 10.0 Å². The molecule has 8 heteroatoms. The first-order valence-corrected chi connectivity index (χ1v) is 8.97. The molecule has 1 atom stereocenters. The minimum absolute atomic E-state index is 0. The highest BCUT2D eigenvalue weighted by Crippen LogP contribution is 2.26. The Hall–Kier alpha value is -0.860. The van der Waals surface area contributed by atoms with Gasteiger partial charge in [-0.3, -0.25) is 0 Å². The van der Waals surface area contributed by atoms with Gasteiger partial charge in [0.25, 0.3) is 0 Å². The molecule has 1 heterocycles. The van der Waals surface area contributed by atoms with E-state index >= 15 is 0 Å². The molecule has 1 saturated heterocycles. The maximum atomic E-state index is 12.7. The maximum Gasteiger partial charge on any atom is 0.243 e. The summed E-state index contributed by atoms with van der Waals surface area (Å²) in [6.45, 7) is 1.82. The smallest absolute Gasteiger partial charge is 0.243 e. The number of sulfonamides is 1. The van der Waals surface area contributed by atoms with Crippen molar-refractivity contribution in [2.24, 2.45) is 5.73 Å². The molecule has 0 spiro atoms. The van der Waals surface area contributed by atoms with Gasteiger partial charge in [0.05, 0.1) is 11.5 Å². The van der Waals surface area contributed by atoms with Crippen LogP contribution in [0.3, 0.4) is 0 Å². The molecule has 1 fully saturated rings. The van der Waals surface area contributed by atoms with E-state index in [0.29, 0.717) is 32.1 Å². The van der Waals surface area contributed by atoms with E-state index in [0.717, 1.165) is 19.3 Å². The van der Waals surface area contributed by atoms with Crippen LogP contribution < -0.4 is 10.5 Å². The molecule has 0 radical (unpaired) electrons. The predicted molar refractivity (Wildman–Crippen MR) is 91.6 cm³/mol. The van der Waals surface area contributed by atoms with Gasteiger partial charge in [0.1, 0.15) is 12.4 Å². The molecule has 1 aromatic carbocycles. The summed E-state index contributed by atoms with van der Waals surface area (Å²) in [4.78, 5) is 0.284. The van der Waals surface area contributed by atoms with E-state index in [-0.39, 0.29) is 23.3 Å². The molecule has 1 unspecified atom stereocenters. The number of piperidine rings is 1. The molecule has 0 saturated carbocycles. The first kappa shape index (κ1) is 20.2. The van der Waals surface area contributed by atoms with E-state index in [9.17, 15) is 8.42 Å². The van der Waals surface area contributed by atoms with Crippen molar-refractivity contribution in [3.63, 3.8) is 0 Å². The van der Waals surface area contributed by atoms with E-state index in [4.69, 9.17) is 15.2 Å². The van der Waals surface area contributed by atoms with Crippen LogP contribution >= 0.6 is 12.4 Å². The Morgan fingerprint density at radius 1 is 1.22 bits per heavy atom. The second-order valence-corrected chi connectivity index (χ2v) is 7.20. The van der Waals surface area contributed by atoms with Gasteiger partial charge in [-0.1, -0.05) is 6.42 Å². The minimum Gasteiger partial charge on any atom is -0.491 e. The number of methoxy groups -OCH3 is 1. The summed E-state index contributed by atoms with van der Waals surface area (Å²) in [5.74, 6) is 0.630. The first-order chi connectivity index (χ1) is 10.6. The molecule has 0 aliphatic carbocycles. The lowest BCUT2D eigenvalue weighted by atomic mass is 10.1. The fraction of sp³-hybridized carbons (Fsp3) is 0.600. The van der Waals surface area contributed by atoms with Crippen molar-refractivity contribution in [2.45, 2.75) is 30.2 Å². The van der Waals surface area contributed by atoms with Crippen molar-refractivity contribution >= 4 is 22.4 Å². The molecule has 0 aromatic heterocycles. The third kappa shape index (κ3) is 5.06. The van der Waals surface area contributed by atoms with Crippen molar-refractivity contribution in [1.29, 1.82) is 0 Å². The molecule has 0 amide bonds. The summed E-state index contributed by atoms with van der Waals surface area (Å²) >= 11 is 0. The number of hydrogen-bond acceptors (Lipinski definition) is 5. The second-order valence-electron chi connectivity index (χ2n) is 5.31. The number of hydrogen-bond donors (Lipinski definition) is 1. The van der Waals surface area contributed by atoms with Gasteiger partial charge in [0.2, 0.25) is 10.0 Å². The molecular formula is C15H25ClN2O4S. The van der Waals surface area contributed by atoms with Gasteiger partial charge in [-0.15, -0.1) is 12.4 Å². The quantitative estimate of drug-likeness (QED) is 0.744. The van der Waals surface area contributed by atoms with Crippen LogP contribution in [0.4, 0.5) is 0 Å². The van der Waals surface area contributed by atoms with Crippen molar-refractivity contribution in [2.75, 3.05) is 33.4 Å². The fourth-order valence-electron chi connectivity index (χ4n) is 2.61. The van der Waals surface area contributed by atoms with Gasteiger partial charge in [-0.2, -0.15) is 4.31 Å². The maximum absolute atomic E-state index is 12.7. The monoisotopic (exact) mass is 364 g/mol. The zero-order valence-corrected chi connectivity index (χ0v) is 14.9. The molecule has 2 N–H and O–H groups in total. The largest absolute Gasteiger partial charge is 0.491 e. The summed E-state index contributed by atoms with van der Waals surface area (Å²) in [7, 11) is -1.89. The highest BCUT2D eigenvalue weighted by molar-refractivity contribution is 7.89. The zero-order valence-electron chi connectivity index (χ0n) is 13.3. The summed E-state index contributed by atoms with van der Waals surface area (Å²) in [6.07, 6.45) is 2.74. The first-order valence-electron chi connectivity index (χ1n) is 7.53. The normalized spacial score (nSPS) is 19.1. The standard InChI is InChI=1S/C15H24N2O4S.ClH/c1-20-10-11-21-14-5-7-15(8-6-14)22(18,19)17-9-3-2-4-13(17)12-16;/h5-8,13H,2-4,9-12,16H2,1H3;1H. The lowest BCUT2D eigenvalue weighted by Crippen LogP contribution is -2.47. The van der Waals surface area contributed by atoms with Crippen LogP contribution in [0.15, 0.2) is 29.2 Å². The summed E-state index contributed by atoms with van der Waals surface area (Å²) in [5.41, 5.74) is 5.72. The molecular weight excluding hydrogens is 340 g/mol. The summed E-state index contributed by atoms with van der Waals surface area (Å²) in [6, 6.07) is 6.41. The van der Waals surface area contributed by atoms with Crippen LogP contribution in [0.1, 0.15) is 19.3 Å². The Labute approximate surface area is 144 Å². The summed E-state index contributed by atoms with van der Waals surface area (Å²) in [5, 5.41) is 0. The molecule has 1 aliphatic heterocycles. The lowest BCUT2D eigenvalue weighted by Gasteiger charge is -2.33. The number of ether oxygens (including phenoxy) is 2. The molecule has 2 rings (SSSR count). The Bertz CT molecular complexity index is 565. The topological polar surface area (TPSA) is 81.9 Å². The van der Waals surface area contributed by atoms with E-state index in [1.807, 2.05) is 0 Å². The van der Waals surface area contributed by atoms with Crippen molar-refractivity contribution < 1.29 is 17.9 Å². The van der Waals surface area contributed by atoms with Crippen LogP contribution in [0.5, 0.6) is 5.75 Å². The highest BCUT2D eigenvalue weighted by Gasteiger charge is 2.32. The van der Waals surface area contributed by atoms with E-state index in [2.05, 4.69) is 0 Å². The zero-order chi connectivity index (χ0) is 16.0. The highest BCUT2D eigenvalue weighted by atomic mass is 35.5. The average Bonchev–Trinajstić information content (AvgIpc) is 2.55.